The number of para-hydroxylation sites is 1. The molecule has 20 heavy (non-hydrogen) atoms. The van der Waals surface area contributed by atoms with Gasteiger partial charge < -0.3 is 5.73 Å². The molecule has 0 amide bonds. The Bertz CT molecular complexity index is 729. The van der Waals surface area contributed by atoms with Gasteiger partial charge in [-0.05, 0) is 26.0 Å². The number of rotatable bonds is 3. The van der Waals surface area contributed by atoms with Gasteiger partial charge in [0, 0.05) is 12.2 Å². The van der Waals surface area contributed by atoms with E-state index in [9.17, 15) is 0 Å². The molecule has 0 aliphatic carbocycles. The molecule has 102 valence electrons. The lowest BCUT2D eigenvalue weighted by Gasteiger charge is -2.07. The lowest BCUT2D eigenvalue weighted by atomic mass is 10.3. The van der Waals surface area contributed by atoms with Gasteiger partial charge in [-0.1, -0.05) is 18.2 Å². The number of aryl methyl sites for hydroxylation is 2. The molecule has 0 saturated heterocycles. The molecule has 5 nitrogen and oxygen atoms in total. The summed E-state index contributed by atoms with van der Waals surface area (Å²) in [6, 6.07) is 10.1. The minimum atomic E-state index is 0.448. The average molecular weight is 285 g/mol. The smallest absolute Gasteiger partial charge is 0.180 e. The maximum absolute atomic E-state index is 5.67. The standard InChI is InChI=1S/C14H15N5S/c1-9-13(20-12(8-15)16-9)14-18-17-10(2)19(14)11-6-4-3-5-7-11/h3-7H,8,15H2,1-2H3. The summed E-state index contributed by atoms with van der Waals surface area (Å²) in [5.41, 5.74) is 7.66. The van der Waals surface area contributed by atoms with E-state index >= 15 is 0 Å². The molecule has 2 heterocycles. The van der Waals surface area contributed by atoms with Gasteiger partial charge in [0.1, 0.15) is 10.8 Å². The molecule has 0 saturated carbocycles. The second-order valence-electron chi connectivity index (χ2n) is 4.47. The van der Waals surface area contributed by atoms with Crippen molar-refractivity contribution in [1.29, 1.82) is 0 Å². The highest BCUT2D eigenvalue weighted by Crippen LogP contribution is 2.30. The Morgan fingerprint density at radius 1 is 1.15 bits per heavy atom. The molecule has 2 N–H and O–H groups in total. The molecule has 6 heteroatoms. The molecule has 0 atom stereocenters. The van der Waals surface area contributed by atoms with E-state index in [1.54, 1.807) is 11.3 Å². The van der Waals surface area contributed by atoms with Crippen LogP contribution in [-0.2, 0) is 6.54 Å². The third kappa shape index (κ3) is 2.13. The highest BCUT2D eigenvalue weighted by Gasteiger charge is 2.18. The lowest BCUT2D eigenvalue weighted by molar-refractivity contribution is 0.971. The number of nitrogens with zero attached hydrogens (tertiary/aromatic N) is 4. The van der Waals surface area contributed by atoms with Crippen LogP contribution in [0.15, 0.2) is 30.3 Å². The molecular formula is C14H15N5S. The van der Waals surface area contributed by atoms with Crippen molar-refractivity contribution in [2.24, 2.45) is 5.73 Å². The highest BCUT2D eigenvalue weighted by molar-refractivity contribution is 7.15. The maximum Gasteiger partial charge on any atom is 0.180 e. The predicted molar refractivity (Wildman–Crippen MR) is 79.8 cm³/mol. The second kappa shape index (κ2) is 5.15. The maximum atomic E-state index is 5.67. The molecule has 3 aromatic rings. The highest BCUT2D eigenvalue weighted by atomic mass is 32.1. The molecule has 0 aliphatic heterocycles. The quantitative estimate of drug-likeness (QED) is 0.802. The Balaban J connectivity index is 2.18. The summed E-state index contributed by atoms with van der Waals surface area (Å²) in [5.74, 6) is 1.68. The largest absolute Gasteiger partial charge is 0.325 e. The van der Waals surface area contributed by atoms with E-state index in [4.69, 9.17) is 5.73 Å². The topological polar surface area (TPSA) is 69.6 Å². The van der Waals surface area contributed by atoms with Gasteiger partial charge in [-0.2, -0.15) is 0 Å². The zero-order valence-corrected chi connectivity index (χ0v) is 12.2. The van der Waals surface area contributed by atoms with E-state index < -0.39 is 0 Å². The SMILES string of the molecule is Cc1nc(CN)sc1-c1nnc(C)n1-c1ccccc1. The molecule has 0 radical (unpaired) electrons. The number of hydrogen-bond donors (Lipinski definition) is 1. The van der Waals surface area contributed by atoms with Crippen molar-refractivity contribution in [3.63, 3.8) is 0 Å². The first kappa shape index (κ1) is 13.0. The van der Waals surface area contributed by atoms with Crippen LogP contribution in [0.5, 0.6) is 0 Å². The Kier molecular flexibility index (Phi) is 3.33. The fraction of sp³-hybridized carbons (Fsp3) is 0.214. The molecule has 1 aromatic carbocycles. The van der Waals surface area contributed by atoms with Crippen LogP contribution in [0.2, 0.25) is 0 Å². The summed E-state index contributed by atoms with van der Waals surface area (Å²) in [4.78, 5) is 5.49. The molecule has 0 fully saturated rings. The van der Waals surface area contributed by atoms with Crippen molar-refractivity contribution in [3.05, 3.63) is 46.9 Å². The Morgan fingerprint density at radius 3 is 2.55 bits per heavy atom. The summed E-state index contributed by atoms with van der Waals surface area (Å²) in [7, 11) is 0. The number of nitrogens with two attached hydrogens (primary N) is 1. The number of thiazole rings is 1. The van der Waals surface area contributed by atoms with Gasteiger partial charge >= 0.3 is 0 Å². The van der Waals surface area contributed by atoms with E-state index in [0.29, 0.717) is 6.54 Å². The van der Waals surface area contributed by atoms with E-state index in [1.165, 1.54) is 0 Å². The van der Waals surface area contributed by atoms with Crippen molar-refractivity contribution in [2.75, 3.05) is 0 Å². The van der Waals surface area contributed by atoms with Crippen molar-refractivity contribution in [3.8, 4) is 16.4 Å². The predicted octanol–water partition coefficient (Wildman–Crippen LogP) is 2.47. The van der Waals surface area contributed by atoms with E-state index in [1.807, 2.05) is 48.7 Å². The average Bonchev–Trinajstić information content (AvgIpc) is 3.02. The lowest BCUT2D eigenvalue weighted by Crippen LogP contribution is -1.99. The molecule has 0 unspecified atom stereocenters. The minimum Gasteiger partial charge on any atom is -0.325 e. The van der Waals surface area contributed by atoms with Crippen molar-refractivity contribution < 1.29 is 0 Å². The molecule has 3 rings (SSSR count). The van der Waals surface area contributed by atoms with Crippen LogP contribution in [0.1, 0.15) is 16.5 Å². The fourth-order valence-electron chi connectivity index (χ4n) is 2.14. The van der Waals surface area contributed by atoms with Gasteiger partial charge in [0.05, 0.1) is 10.6 Å². The Morgan fingerprint density at radius 2 is 1.90 bits per heavy atom. The third-order valence-electron chi connectivity index (χ3n) is 3.06. The monoisotopic (exact) mass is 285 g/mol. The molecular weight excluding hydrogens is 270 g/mol. The van der Waals surface area contributed by atoms with Crippen molar-refractivity contribution >= 4 is 11.3 Å². The summed E-state index contributed by atoms with van der Waals surface area (Å²) < 4.78 is 2.04. The number of hydrogen-bond acceptors (Lipinski definition) is 5. The van der Waals surface area contributed by atoms with Crippen molar-refractivity contribution in [1.82, 2.24) is 19.7 Å². The van der Waals surface area contributed by atoms with Crippen LogP contribution in [0, 0.1) is 13.8 Å². The molecule has 0 bridgehead atoms. The minimum absolute atomic E-state index is 0.448. The van der Waals surface area contributed by atoms with E-state index in [2.05, 4.69) is 15.2 Å². The van der Waals surface area contributed by atoms with E-state index in [0.717, 1.165) is 32.9 Å². The normalized spacial score (nSPS) is 10.9. The van der Waals surface area contributed by atoms with Crippen molar-refractivity contribution in [2.45, 2.75) is 20.4 Å². The summed E-state index contributed by atoms with van der Waals surface area (Å²) in [6.07, 6.45) is 0. The summed E-state index contributed by atoms with van der Waals surface area (Å²) in [6.45, 7) is 4.37. The van der Waals surface area contributed by atoms with Gasteiger partial charge in [0.15, 0.2) is 5.82 Å². The molecule has 0 aliphatic rings. The van der Waals surface area contributed by atoms with Crippen LogP contribution in [0.25, 0.3) is 16.4 Å². The third-order valence-corrected chi connectivity index (χ3v) is 4.23. The van der Waals surface area contributed by atoms with Gasteiger partial charge in [0.2, 0.25) is 0 Å². The van der Waals surface area contributed by atoms with Gasteiger partial charge in [0.25, 0.3) is 0 Å². The van der Waals surface area contributed by atoms with Crippen LogP contribution in [0.3, 0.4) is 0 Å². The van der Waals surface area contributed by atoms with Gasteiger partial charge in [-0.3, -0.25) is 4.57 Å². The Hall–Kier alpha value is -2.05. The molecule has 2 aromatic heterocycles. The summed E-state index contributed by atoms with van der Waals surface area (Å²) >= 11 is 1.58. The second-order valence-corrected chi connectivity index (χ2v) is 5.55. The first-order valence-electron chi connectivity index (χ1n) is 6.35. The number of benzene rings is 1. The van der Waals surface area contributed by atoms with E-state index in [-0.39, 0.29) is 0 Å². The van der Waals surface area contributed by atoms with Crippen LogP contribution >= 0.6 is 11.3 Å². The number of aromatic nitrogens is 4. The van der Waals surface area contributed by atoms with Crippen LogP contribution < -0.4 is 5.73 Å². The fourth-order valence-corrected chi connectivity index (χ4v) is 3.06. The first-order valence-corrected chi connectivity index (χ1v) is 7.16. The zero-order chi connectivity index (χ0) is 14.1. The zero-order valence-electron chi connectivity index (χ0n) is 11.4. The molecule has 0 spiro atoms. The van der Waals surface area contributed by atoms with Gasteiger partial charge in [-0.25, -0.2) is 4.98 Å². The van der Waals surface area contributed by atoms with Gasteiger partial charge in [-0.15, -0.1) is 21.5 Å². The van der Waals surface area contributed by atoms with Crippen LogP contribution in [-0.4, -0.2) is 19.7 Å². The Labute approximate surface area is 121 Å². The van der Waals surface area contributed by atoms with Crippen LogP contribution in [0.4, 0.5) is 0 Å². The summed E-state index contributed by atoms with van der Waals surface area (Å²) in [5, 5.41) is 9.43. The first-order chi connectivity index (χ1) is 9.70.